The van der Waals surface area contributed by atoms with E-state index in [2.05, 4.69) is 30.7 Å². The zero-order valence-corrected chi connectivity index (χ0v) is 12.5. The van der Waals surface area contributed by atoms with Crippen LogP contribution in [0.5, 0.6) is 0 Å². The summed E-state index contributed by atoms with van der Waals surface area (Å²) in [6.07, 6.45) is 0. The smallest absolute Gasteiger partial charge is 0.265 e. The van der Waals surface area contributed by atoms with Crippen LogP contribution in [0.2, 0.25) is 0 Å². The van der Waals surface area contributed by atoms with E-state index >= 15 is 0 Å². The second-order valence-corrected chi connectivity index (χ2v) is 5.18. The van der Waals surface area contributed by atoms with Crippen LogP contribution < -0.4 is 5.43 Å². The standard InChI is InChI=1S/C17H14N6/c1-11(12-7-3-2-4-8-12)20-22-17-19-16-15(21-23-17)13-9-5-6-10-14(13)18-16/h2-10H,1H3,(H2,18,19,22,23). The molecular formula is C17H14N6. The Labute approximate surface area is 132 Å². The molecule has 2 N–H and O–H groups in total. The fourth-order valence-corrected chi connectivity index (χ4v) is 2.45. The van der Waals surface area contributed by atoms with Crippen molar-refractivity contribution in [3.05, 3.63) is 60.2 Å². The monoisotopic (exact) mass is 302 g/mol. The van der Waals surface area contributed by atoms with Crippen molar-refractivity contribution in [2.45, 2.75) is 6.92 Å². The van der Waals surface area contributed by atoms with E-state index in [-0.39, 0.29) is 0 Å². The third kappa shape index (κ3) is 2.50. The molecule has 112 valence electrons. The van der Waals surface area contributed by atoms with Gasteiger partial charge in [-0.15, -0.1) is 10.2 Å². The van der Waals surface area contributed by atoms with Gasteiger partial charge in [-0.1, -0.05) is 48.5 Å². The molecule has 2 aromatic carbocycles. The molecule has 0 aliphatic heterocycles. The Hall–Kier alpha value is -3.28. The Balaban J connectivity index is 1.66. The molecule has 23 heavy (non-hydrogen) atoms. The van der Waals surface area contributed by atoms with Crippen LogP contribution in [0.25, 0.3) is 22.1 Å². The highest BCUT2D eigenvalue weighted by Crippen LogP contribution is 2.21. The zero-order chi connectivity index (χ0) is 15.6. The largest absolute Gasteiger partial charge is 0.338 e. The first-order valence-corrected chi connectivity index (χ1v) is 7.28. The molecule has 0 aliphatic carbocycles. The number of aromatic nitrogens is 4. The summed E-state index contributed by atoms with van der Waals surface area (Å²) in [5, 5.41) is 13.7. The quantitative estimate of drug-likeness (QED) is 0.449. The number of nitrogens with zero attached hydrogens (tertiary/aromatic N) is 4. The summed E-state index contributed by atoms with van der Waals surface area (Å²) in [6.45, 7) is 1.93. The van der Waals surface area contributed by atoms with E-state index in [9.17, 15) is 0 Å². The first-order chi connectivity index (χ1) is 11.3. The van der Waals surface area contributed by atoms with Crippen LogP contribution in [0.4, 0.5) is 5.95 Å². The fraction of sp³-hybridized carbons (Fsp3) is 0.0588. The number of hydrogen-bond acceptors (Lipinski definition) is 5. The van der Waals surface area contributed by atoms with E-state index in [1.54, 1.807) is 0 Å². The van der Waals surface area contributed by atoms with Crippen LogP contribution in [0, 0.1) is 0 Å². The topological polar surface area (TPSA) is 78.8 Å². The average Bonchev–Trinajstić information content (AvgIpc) is 2.98. The molecule has 2 aromatic heterocycles. The summed E-state index contributed by atoms with van der Waals surface area (Å²) >= 11 is 0. The highest BCUT2D eigenvalue weighted by molar-refractivity contribution is 6.03. The lowest BCUT2D eigenvalue weighted by atomic mass is 10.1. The molecule has 6 nitrogen and oxygen atoms in total. The van der Waals surface area contributed by atoms with Crippen molar-refractivity contribution in [2.24, 2.45) is 5.10 Å². The van der Waals surface area contributed by atoms with Gasteiger partial charge in [0.25, 0.3) is 5.95 Å². The van der Waals surface area contributed by atoms with Crippen LogP contribution >= 0.6 is 0 Å². The Morgan fingerprint density at radius 1 is 1.00 bits per heavy atom. The summed E-state index contributed by atoms with van der Waals surface area (Å²) in [5.41, 5.74) is 7.20. The van der Waals surface area contributed by atoms with Crippen molar-refractivity contribution in [3.8, 4) is 0 Å². The van der Waals surface area contributed by atoms with Crippen LogP contribution in [0.15, 0.2) is 59.7 Å². The van der Waals surface area contributed by atoms with Gasteiger partial charge in [0.2, 0.25) is 0 Å². The van der Waals surface area contributed by atoms with Crippen molar-refractivity contribution in [1.82, 2.24) is 20.2 Å². The molecule has 0 unspecified atom stereocenters. The van der Waals surface area contributed by atoms with Crippen molar-refractivity contribution < 1.29 is 0 Å². The molecule has 0 radical (unpaired) electrons. The normalized spacial score (nSPS) is 12.0. The number of rotatable bonds is 3. The van der Waals surface area contributed by atoms with Crippen molar-refractivity contribution in [2.75, 3.05) is 5.43 Å². The summed E-state index contributed by atoms with van der Waals surface area (Å²) in [6, 6.07) is 17.8. The zero-order valence-electron chi connectivity index (χ0n) is 12.5. The Morgan fingerprint density at radius 2 is 1.78 bits per heavy atom. The third-order valence-electron chi connectivity index (χ3n) is 3.64. The molecule has 0 aliphatic rings. The number of hydrazone groups is 1. The number of anilines is 1. The number of H-pyrrole nitrogens is 1. The van der Waals surface area contributed by atoms with Crippen molar-refractivity contribution >= 4 is 33.7 Å². The molecule has 0 saturated carbocycles. The highest BCUT2D eigenvalue weighted by Gasteiger charge is 2.08. The molecule has 0 fully saturated rings. The van der Waals surface area contributed by atoms with Gasteiger partial charge in [0.15, 0.2) is 5.65 Å². The summed E-state index contributed by atoms with van der Waals surface area (Å²) in [7, 11) is 0. The van der Waals surface area contributed by atoms with E-state index in [4.69, 9.17) is 0 Å². The van der Waals surface area contributed by atoms with Crippen molar-refractivity contribution in [3.63, 3.8) is 0 Å². The Bertz CT molecular complexity index is 1000. The van der Waals surface area contributed by atoms with Gasteiger partial charge in [0.05, 0.1) is 5.71 Å². The fourth-order valence-electron chi connectivity index (χ4n) is 2.45. The number of nitrogens with one attached hydrogen (secondary N) is 2. The van der Waals surface area contributed by atoms with Gasteiger partial charge < -0.3 is 4.98 Å². The first-order valence-electron chi connectivity index (χ1n) is 7.28. The number of para-hydroxylation sites is 1. The molecule has 2 heterocycles. The maximum Gasteiger partial charge on any atom is 0.265 e. The highest BCUT2D eigenvalue weighted by atomic mass is 15.4. The average molecular weight is 302 g/mol. The van der Waals surface area contributed by atoms with Gasteiger partial charge in [-0.05, 0) is 18.6 Å². The lowest BCUT2D eigenvalue weighted by Crippen LogP contribution is -2.03. The van der Waals surface area contributed by atoms with Crippen LogP contribution in [-0.2, 0) is 0 Å². The maximum absolute atomic E-state index is 4.43. The van der Waals surface area contributed by atoms with Crippen molar-refractivity contribution in [1.29, 1.82) is 0 Å². The molecule has 0 bridgehead atoms. The van der Waals surface area contributed by atoms with E-state index < -0.39 is 0 Å². The maximum atomic E-state index is 4.43. The van der Waals surface area contributed by atoms with Gasteiger partial charge in [0, 0.05) is 10.9 Å². The minimum absolute atomic E-state index is 0.360. The van der Waals surface area contributed by atoms with E-state index in [0.29, 0.717) is 11.6 Å². The minimum Gasteiger partial charge on any atom is -0.338 e. The Morgan fingerprint density at radius 3 is 2.65 bits per heavy atom. The first kappa shape index (κ1) is 13.4. The molecule has 0 amide bonds. The van der Waals surface area contributed by atoms with Gasteiger partial charge in [-0.3, -0.25) is 0 Å². The van der Waals surface area contributed by atoms with E-state index in [0.717, 1.165) is 27.7 Å². The minimum atomic E-state index is 0.360. The van der Waals surface area contributed by atoms with E-state index in [1.807, 2.05) is 61.5 Å². The number of benzene rings is 2. The SMILES string of the molecule is CC(=NNc1nnc2c(n1)[nH]c1ccccc12)c1ccccc1. The van der Waals surface area contributed by atoms with Gasteiger partial charge in [0.1, 0.15) is 5.52 Å². The molecule has 4 aromatic rings. The lowest BCUT2D eigenvalue weighted by Gasteiger charge is -2.01. The van der Waals surface area contributed by atoms with Crippen LogP contribution in [0.1, 0.15) is 12.5 Å². The molecule has 0 spiro atoms. The molecular weight excluding hydrogens is 288 g/mol. The number of hydrogen-bond donors (Lipinski definition) is 2. The van der Waals surface area contributed by atoms with Gasteiger partial charge in [-0.25, -0.2) is 5.43 Å². The van der Waals surface area contributed by atoms with Gasteiger partial charge >= 0.3 is 0 Å². The second kappa shape index (κ2) is 5.49. The Kier molecular flexibility index (Phi) is 3.20. The van der Waals surface area contributed by atoms with E-state index in [1.165, 1.54) is 0 Å². The van der Waals surface area contributed by atoms with Crippen LogP contribution in [0.3, 0.4) is 0 Å². The second-order valence-electron chi connectivity index (χ2n) is 5.18. The lowest BCUT2D eigenvalue weighted by molar-refractivity contribution is 1.01. The number of fused-ring (bicyclic) bond motifs is 3. The molecule has 6 heteroatoms. The number of aromatic amines is 1. The predicted octanol–water partition coefficient (Wildman–Crippen LogP) is 3.34. The summed E-state index contributed by atoms with van der Waals surface area (Å²) < 4.78 is 0. The van der Waals surface area contributed by atoms with Gasteiger partial charge in [-0.2, -0.15) is 10.1 Å². The summed E-state index contributed by atoms with van der Waals surface area (Å²) in [5.74, 6) is 0.360. The molecule has 4 rings (SSSR count). The molecule has 0 atom stereocenters. The predicted molar refractivity (Wildman–Crippen MR) is 91.5 cm³/mol. The molecule has 0 saturated heterocycles. The van der Waals surface area contributed by atoms with Crippen LogP contribution in [-0.4, -0.2) is 25.9 Å². The summed E-state index contributed by atoms with van der Waals surface area (Å²) in [4.78, 5) is 7.67. The third-order valence-corrected chi connectivity index (χ3v) is 3.64.